The molecule has 19 heavy (non-hydrogen) atoms. The Hall–Kier alpha value is -1.51. The van der Waals surface area contributed by atoms with Gasteiger partial charge in [0, 0.05) is 24.3 Å². The first kappa shape index (κ1) is 13.9. The molecule has 0 aliphatic carbocycles. The van der Waals surface area contributed by atoms with Crippen LogP contribution in [0.15, 0.2) is 48.5 Å². The molecule has 0 aliphatic rings. The summed E-state index contributed by atoms with van der Waals surface area (Å²) in [5, 5.41) is 0.765. The Balaban J connectivity index is 2.28. The van der Waals surface area contributed by atoms with Crippen molar-refractivity contribution in [2.75, 3.05) is 11.9 Å². The molecule has 0 aliphatic heterocycles. The molecular formula is C16H19ClN2. The van der Waals surface area contributed by atoms with Gasteiger partial charge in [-0.3, -0.25) is 0 Å². The van der Waals surface area contributed by atoms with Crippen LogP contribution in [0.5, 0.6) is 0 Å². The van der Waals surface area contributed by atoms with Crippen LogP contribution in [0.3, 0.4) is 0 Å². The second kappa shape index (κ2) is 6.09. The number of hydrogen-bond donors (Lipinski definition) is 1. The summed E-state index contributed by atoms with van der Waals surface area (Å²) in [4.78, 5) is 2.24. The second-order valence-electron chi connectivity index (χ2n) is 4.67. The Morgan fingerprint density at radius 2 is 1.74 bits per heavy atom. The topological polar surface area (TPSA) is 29.3 Å². The van der Waals surface area contributed by atoms with Gasteiger partial charge in [-0.1, -0.05) is 41.9 Å². The maximum Gasteiger partial charge on any atom is 0.0511 e. The molecule has 0 saturated heterocycles. The van der Waals surface area contributed by atoms with Gasteiger partial charge in [-0.25, -0.2) is 0 Å². The third kappa shape index (κ3) is 3.09. The molecule has 0 radical (unpaired) electrons. The Labute approximate surface area is 119 Å². The normalized spacial score (nSPS) is 12.2. The summed E-state index contributed by atoms with van der Waals surface area (Å²) in [5.74, 6) is 0. The van der Waals surface area contributed by atoms with Crippen LogP contribution in [0.1, 0.15) is 24.1 Å². The van der Waals surface area contributed by atoms with E-state index in [-0.39, 0.29) is 6.04 Å². The summed E-state index contributed by atoms with van der Waals surface area (Å²) in [6.45, 7) is 2.73. The van der Waals surface area contributed by atoms with Crippen molar-refractivity contribution in [3.8, 4) is 0 Å². The average Bonchev–Trinajstić information content (AvgIpc) is 2.46. The molecule has 3 heteroatoms. The van der Waals surface area contributed by atoms with Gasteiger partial charge in [-0.15, -0.1) is 0 Å². The zero-order chi connectivity index (χ0) is 13.8. The molecular weight excluding hydrogens is 256 g/mol. The molecule has 0 bridgehead atoms. The van der Waals surface area contributed by atoms with Crippen molar-refractivity contribution in [3.63, 3.8) is 0 Å². The number of anilines is 1. The first-order valence-electron chi connectivity index (χ1n) is 6.39. The molecule has 1 atom stereocenters. The fraction of sp³-hybridized carbons (Fsp3) is 0.250. The highest BCUT2D eigenvalue weighted by Gasteiger charge is 2.14. The quantitative estimate of drug-likeness (QED) is 0.913. The van der Waals surface area contributed by atoms with Gasteiger partial charge < -0.3 is 10.6 Å². The van der Waals surface area contributed by atoms with Crippen LogP contribution in [0.4, 0.5) is 5.69 Å². The van der Waals surface area contributed by atoms with E-state index in [1.165, 1.54) is 11.3 Å². The van der Waals surface area contributed by atoms with E-state index in [9.17, 15) is 0 Å². The number of nitrogens with zero attached hydrogens (tertiary/aromatic N) is 1. The Kier molecular flexibility index (Phi) is 4.46. The minimum atomic E-state index is 0.268. The minimum absolute atomic E-state index is 0.268. The Morgan fingerprint density at radius 1 is 1.11 bits per heavy atom. The van der Waals surface area contributed by atoms with Crippen LogP contribution in [0.25, 0.3) is 0 Å². The van der Waals surface area contributed by atoms with Crippen molar-refractivity contribution in [2.45, 2.75) is 19.5 Å². The van der Waals surface area contributed by atoms with E-state index in [1.54, 1.807) is 0 Å². The Bertz CT molecular complexity index is 537. The number of para-hydroxylation sites is 1. The lowest BCUT2D eigenvalue weighted by atomic mass is 10.1. The van der Waals surface area contributed by atoms with Gasteiger partial charge in [-0.2, -0.15) is 0 Å². The van der Waals surface area contributed by atoms with E-state index in [0.29, 0.717) is 6.54 Å². The summed E-state index contributed by atoms with van der Waals surface area (Å²) < 4.78 is 0. The van der Waals surface area contributed by atoms with Gasteiger partial charge in [0.2, 0.25) is 0 Å². The molecule has 0 aromatic heterocycles. The molecule has 0 heterocycles. The van der Waals surface area contributed by atoms with Crippen molar-refractivity contribution >= 4 is 17.3 Å². The van der Waals surface area contributed by atoms with Crippen molar-refractivity contribution < 1.29 is 0 Å². The molecule has 2 N–H and O–H groups in total. The number of nitrogens with two attached hydrogens (primary N) is 1. The predicted octanol–water partition coefficient (Wildman–Crippen LogP) is 4.00. The van der Waals surface area contributed by atoms with E-state index >= 15 is 0 Å². The summed E-state index contributed by atoms with van der Waals surface area (Å²) in [7, 11) is 2.09. The van der Waals surface area contributed by atoms with Gasteiger partial charge in [0.15, 0.2) is 0 Å². The van der Waals surface area contributed by atoms with Crippen LogP contribution < -0.4 is 10.6 Å². The molecule has 0 spiro atoms. The smallest absolute Gasteiger partial charge is 0.0511 e. The molecule has 100 valence electrons. The van der Waals surface area contributed by atoms with Crippen LogP contribution >= 0.6 is 11.6 Å². The van der Waals surface area contributed by atoms with Gasteiger partial charge in [-0.05, 0) is 36.2 Å². The molecule has 2 aromatic rings. The SMILES string of the molecule is CC(c1ccc(Cl)cc1)N(C)c1ccccc1CN. The summed E-state index contributed by atoms with van der Waals surface area (Å²) in [6.07, 6.45) is 0. The summed E-state index contributed by atoms with van der Waals surface area (Å²) in [5.41, 5.74) is 9.37. The van der Waals surface area contributed by atoms with E-state index < -0.39 is 0 Å². The average molecular weight is 275 g/mol. The van der Waals surface area contributed by atoms with Crippen molar-refractivity contribution in [1.29, 1.82) is 0 Å². The molecule has 1 unspecified atom stereocenters. The van der Waals surface area contributed by atoms with E-state index in [2.05, 4.69) is 43.1 Å². The first-order chi connectivity index (χ1) is 9.13. The second-order valence-corrected chi connectivity index (χ2v) is 5.11. The van der Waals surface area contributed by atoms with Crippen LogP contribution in [-0.2, 0) is 6.54 Å². The predicted molar refractivity (Wildman–Crippen MR) is 82.6 cm³/mol. The highest BCUT2D eigenvalue weighted by molar-refractivity contribution is 6.30. The van der Waals surface area contributed by atoms with Crippen LogP contribution in [-0.4, -0.2) is 7.05 Å². The van der Waals surface area contributed by atoms with Gasteiger partial charge in [0.25, 0.3) is 0 Å². The zero-order valence-corrected chi connectivity index (χ0v) is 12.1. The van der Waals surface area contributed by atoms with E-state index in [0.717, 1.165) is 10.6 Å². The van der Waals surface area contributed by atoms with Crippen molar-refractivity contribution in [3.05, 3.63) is 64.7 Å². The molecule has 0 amide bonds. The largest absolute Gasteiger partial charge is 0.368 e. The van der Waals surface area contributed by atoms with Crippen molar-refractivity contribution in [1.82, 2.24) is 0 Å². The monoisotopic (exact) mass is 274 g/mol. The fourth-order valence-corrected chi connectivity index (χ4v) is 2.33. The molecule has 0 fully saturated rings. The lowest BCUT2D eigenvalue weighted by Crippen LogP contribution is -2.23. The number of rotatable bonds is 4. The Morgan fingerprint density at radius 3 is 2.37 bits per heavy atom. The first-order valence-corrected chi connectivity index (χ1v) is 6.77. The van der Waals surface area contributed by atoms with Crippen LogP contribution in [0.2, 0.25) is 5.02 Å². The fourth-order valence-electron chi connectivity index (χ4n) is 2.20. The minimum Gasteiger partial charge on any atom is -0.368 e. The summed E-state index contributed by atoms with van der Waals surface area (Å²) >= 11 is 5.93. The molecule has 2 nitrogen and oxygen atoms in total. The number of benzene rings is 2. The highest BCUT2D eigenvalue weighted by atomic mass is 35.5. The maximum atomic E-state index is 5.93. The van der Waals surface area contributed by atoms with Gasteiger partial charge in [0.05, 0.1) is 6.04 Å². The van der Waals surface area contributed by atoms with Gasteiger partial charge in [0.1, 0.15) is 0 Å². The van der Waals surface area contributed by atoms with Crippen LogP contribution in [0, 0.1) is 0 Å². The van der Waals surface area contributed by atoms with E-state index in [1.807, 2.05) is 24.3 Å². The van der Waals surface area contributed by atoms with E-state index in [4.69, 9.17) is 17.3 Å². The molecule has 0 saturated carbocycles. The third-order valence-electron chi connectivity index (χ3n) is 3.52. The highest BCUT2D eigenvalue weighted by Crippen LogP contribution is 2.28. The maximum absolute atomic E-state index is 5.93. The lowest BCUT2D eigenvalue weighted by molar-refractivity contribution is 0.735. The third-order valence-corrected chi connectivity index (χ3v) is 3.78. The molecule has 2 aromatic carbocycles. The lowest BCUT2D eigenvalue weighted by Gasteiger charge is -2.29. The standard InChI is InChI=1S/C16H19ClN2/c1-12(13-7-9-15(17)10-8-13)19(2)16-6-4-3-5-14(16)11-18/h3-10,12H,11,18H2,1-2H3. The van der Waals surface area contributed by atoms with Gasteiger partial charge >= 0.3 is 0 Å². The number of hydrogen-bond acceptors (Lipinski definition) is 2. The van der Waals surface area contributed by atoms with Crippen molar-refractivity contribution in [2.24, 2.45) is 5.73 Å². The summed E-state index contributed by atoms with van der Waals surface area (Å²) in [6, 6.07) is 16.5. The molecule has 2 rings (SSSR count). The number of halogens is 1. The zero-order valence-electron chi connectivity index (χ0n) is 11.3.